The molecule has 2 heterocycles. The molecule has 1 fully saturated rings. The summed E-state index contributed by atoms with van der Waals surface area (Å²) >= 11 is 3.44. The smallest absolute Gasteiger partial charge is 0.289 e. The Hall–Kier alpha value is -1.33. The average Bonchev–Trinajstić information content (AvgIpc) is 3.12. The second-order valence-corrected chi connectivity index (χ2v) is 6.35. The van der Waals surface area contributed by atoms with Crippen LogP contribution in [-0.4, -0.2) is 36.5 Å². The topological polar surface area (TPSA) is 45.5 Å². The highest BCUT2D eigenvalue weighted by atomic mass is 79.9. The predicted molar refractivity (Wildman–Crippen MR) is 86.5 cm³/mol. The summed E-state index contributed by atoms with van der Waals surface area (Å²) in [5, 5.41) is 4.27. The summed E-state index contributed by atoms with van der Waals surface area (Å²) in [7, 11) is 0. The molecule has 0 aliphatic carbocycles. The van der Waals surface area contributed by atoms with Gasteiger partial charge in [0.1, 0.15) is 5.58 Å². The van der Waals surface area contributed by atoms with E-state index in [2.05, 4.69) is 28.2 Å². The van der Waals surface area contributed by atoms with E-state index in [1.165, 1.54) is 0 Å². The van der Waals surface area contributed by atoms with Gasteiger partial charge >= 0.3 is 0 Å². The van der Waals surface area contributed by atoms with E-state index in [-0.39, 0.29) is 11.9 Å². The zero-order chi connectivity index (χ0) is 14.8. The molecule has 2 aromatic rings. The maximum Gasteiger partial charge on any atom is 0.289 e. The minimum Gasteiger partial charge on any atom is -0.451 e. The van der Waals surface area contributed by atoms with Crippen molar-refractivity contribution in [3.63, 3.8) is 0 Å². The molecule has 0 spiro atoms. The van der Waals surface area contributed by atoms with Crippen LogP contribution in [0.3, 0.4) is 0 Å². The first-order valence-electron chi connectivity index (χ1n) is 7.40. The Labute approximate surface area is 132 Å². The summed E-state index contributed by atoms with van der Waals surface area (Å²) in [5.41, 5.74) is 0.752. The number of amides is 1. The molecular weight excluding hydrogens is 332 g/mol. The number of carbonyl (C=O) groups excluding carboxylic acids is 1. The Morgan fingerprint density at radius 1 is 1.48 bits per heavy atom. The van der Waals surface area contributed by atoms with Crippen molar-refractivity contribution in [1.82, 2.24) is 10.2 Å². The third-order valence-electron chi connectivity index (χ3n) is 3.89. The Balaban J connectivity index is 1.89. The lowest BCUT2D eigenvalue weighted by Gasteiger charge is -2.27. The number of nitrogens with one attached hydrogen (secondary N) is 1. The molecule has 1 amide bonds. The molecule has 1 saturated heterocycles. The minimum absolute atomic E-state index is 0.00197. The third kappa shape index (κ3) is 2.99. The fourth-order valence-corrected chi connectivity index (χ4v) is 3.24. The molecule has 112 valence electrons. The first-order valence-corrected chi connectivity index (χ1v) is 8.19. The van der Waals surface area contributed by atoms with Gasteiger partial charge < -0.3 is 14.6 Å². The molecule has 1 atom stereocenters. The van der Waals surface area contributed by atoms with Gasteiger partial charge in [-0.1, -0.05) is 22.9 Å². The maximum atomic E-state index is 12.8. The number of halogens is 1. The van der Waals surface area contributed by atoms with Gasteiger partial charge in [0.25, 0.3) is 5.91 Å². The van der Waals surface area contributed by atoms with Gasteiger partial charge in [-0.05, 0) is 43.7 Å². The SMILES string of the molecule is CCCN(C(=O)c1cc2cc(Br)ccc2o1)C1CCNC1. The molecule has 5 heteroatoms. The zero-order valence-corrected chi connectivity index (χ0v) is 13.6. The molecule has 1 aromatic carbocycles. The van der Waals surface area contributed by atoms with Crippen LogP contribution < -0.4 is 5.32 Å². The summed E-state index contributed by atoms with van der Waals surface area (Å²) in [6.07, 6.45) is 1.96. The van der Waals surface area contributed by atoms with Crippen LogP contribution in [0.5, 0.6) is 0 Å². The highest BCUT2D eigenvalue weighted by Crippen LogP contribution is 2.25. The van der Waals surface area contributed by atoms with Crippen molar-refractivity contribution in [2.75, 3.05) is 19.6 Å². The van der Waals surface area contributed by atoms with E-state index in [4.69, 9.17) is 4.42 Å². The molecule has 1 unspecified atom stereocenters. The van der Waals surface area contributed by atoms with Crippen LogP contribution >= 0.6 is 15.9 Å². The molecule has 3 rings (SSSR count). The summed E-state index contributed by atoms with van der Waals surface area (Å²) < 4.78 is 6.73. The van der Waals surface area contributed by atoms with Gasteiger partial charge in [0.15, 0.2) is 5.76 Å². The van der Waals surface area contributed by atoms with E-state index in [9.17, 15) is 4.79 Å². The van der Waals surface area contributed by atoms with Crippen molar-refractivity contribution in [3.8, 4) is 0 Å². The molecule has 21 heavy (non-hydrogen) atoms. The van der Waals surface area contributed by atoms with E-state index in [0.29, 0.717) is 5.76 Å². The lowest BCUT2D eigenvalue weighted by molar-refractivity contribution is 0.0662. The van der Waals surface area contributed by atoms with Gasteiger partial charge in [0.2, 0.25) is 0 Å². The Kier molecular flexibility index (Phi) is 4.31. The quantitative estimate of drug-likeness (QED) is 0.918. The second-order valence-electron chi connectivity index (χ2n) is 5.44. The number of fused-ring (bicyclic) bond motifs is 1. The summed E-state index contributed by atoms with van der Waals surface area (Å²) in [4.78, 5) is 14.7. The number of carbonyl (C=O) groups is 1. The van der Waals surface area contributed by atoms with Gasteiger partial charge in [-0.25, -0.2) is 0 Å². The first kappa shape index (κ1) is 14.6. The van der Waals surface area contributed by atoms with E-state index < -0.39 is 0 Å². The monoisotopic (exact) mass is 350 g/mol. The fraction of sp³-hybridized carbons (Fsp3) is 0.438. The number of furan rings is 1. The van der Waals surface area contributed by atoms with Crippen LogP contribution in [0.1, 0.15) is 30.3 Å². The van der Waals surface area contributed by atoms with Crippen LogP contribution in [0.4, 0.5) is 0 Å². The van der Waals surface area contributed by atoms with Crippen molar-refractivity contribution in [2.45, 2.75) is 25.8 Å². The number of rotatable bonds is 4. The molecule has 0 radical (unpaired) electrons. The lowest BCUT2D eigenvalue weighted by Crippen LogP contribution is -2.41. The number of hydrogen-bond donors (Lipinski definition) is 1. The van der Waals surface area contributed by atoms with Crippen LogP contribution in [0, 0.1) is 0 Å². The third-order valence-corrected chi connectivity index (χ3v) is 4.38. The number of benzene rings is 1. The van der Waals surface area contributed by atoms with Crippen LogP contribution in [-0.2, 0) is 0 Å². The Morgan fingerprint density at radius 2 is 2.33 bits per heavy atom. The van der Waals surface area contributed by atoms with Gasteiger partial charge in [0.05, 0.1) is 0 Å². The highest BCUT2D eigenvalue weighted by molar-refractivity contribution is 9.10. The normalized spacial score (nSPS) is 18.3. The van der Waals surface area contributed by atoms with Crippen molar-refractivity contribution in [3.05, 3.63) is 34.5 Å². The van der Waals surface area contributed by atoms with Crippen molar-refractivity contribution < 1.29 is 9.21 Å². The van der Waals surface area contributed by atoms with Crippen molar-refractivity contribution in [2.24, 2.45) is 0 Å². The first-order chi connectivity index (χ1) is 10.2. The highest BCUT2D eigenvalue weighted by Gasteiger charge is 2.28. The van der Waals surface area contributed by atoms with E-state index in [0.717, 1.165) is 47.9 Å². The maximum absolute atomic E-state index is 12.8. The molecule has 0 saturated carbocycles. The Bertz CT molecular complexity index is 647. The predicted octanol–water partition coefficient (Wildman–Crippen LogP) is 3.41. The van der Waals surface area contributed by atoms with E-state index in [1.807, 2.05) is 29.2 Å². The molecule has 0 bridgehead atoms. The van der Waals surface area contributed by atoms with Crippen LogP contribution in [0.2, 0.25) is 0 Å². The average molecular weight is 351 g/mol. The summed E-state index contributed by atoms with van der Waals surface area (Å²) in [6.45, 7) is 4.72. The van der Waals surface area contributed by atoms with Gasteiger partial charge in [0, 0.05) is 29.0 Å². The molecule has 1 N–H and O–H groups in total. The summed E-state index contributed by atoms with van der Waals surface area (Å²) in [6, 6.07) is 7.89. The minimum atomic E-state index is -0.00197. The molecular formula is C16H19BrN2O2. The Morgan fingerprint density at radius 3 is 3.05 bits per heavy atom. The second kappa shape index (κ2) is 6.20. The molecule has 1 aromatic heterocycles. The fourth-order valence-electron chi connectivity index (χ4n) is 2.86. The van der Waals surface area contributed by atoms with Crippen molar-refractivity contribution >= 4 is 32.8 Å². The largest absolute Gasteiger partial charge is 0.451 e. The van der Waals surface area contributed by atoms with E-state index >= 15 is 0 Å². The van der Waals surface area contributed by atoms with Gasteiger partial charge in [-0.3, -0.25) is 4.79 Å². The lowest BCUT2D eigenvalue weighted by atomic mass is 10.2. The zero-order valence-electron chi connectivity index (χ0n) is 12.1. The van der Waals surface area contributed by atoms with Crippen LogP contribution in [0.15, 0.2) is 33.2 Å². The molecule has 1 aliphatic rings. The number of nitrogens with zero attached hydrogens (tertiary/aromatic N) is 1. The van der Waals surface area contributed by atoms with Crippen LogP contribution in [0.25, 0.3) is 11.0 Å². The standard InChI is InChI=1S/C16H19BrN2O2/c1-2-7-19(13-5-6-18-10-13)16(20)15-9-11-8-12(17)3-4-14(11)21-15/h3-4,8-9,13,18H,2,5-7,10H2,1H3. The molecule has 1 aliphatic heterocycles. The number of hydrogen-bond acceptors (Lipinski definition) is 3. The molecule has 4 nitrogen and oxygen atoms in total. The van der Waals surface area contributed by atoms with E-state index in [1.54, 1.807) is 0 Å². The summed E-state index contributed by atoms with van der Waals surface area (Å²) in [5.74, 6) is 0.432. The van der Waals surface area contributed by atoms with Gasteiger partial charge in [-0.15, -0.1) is 0 Å². The van der Waals surface area contributed by atoms with Crippen molar-refractivity contribution in [1.29, 1.82) is 0 Å². The van der Waals surface area contributed by atoms with Gasteiger partial charge in [-0.2, -0.15) is 0 Å².